The number of nitrogens with zero attached hydrogens (tertiary/aromatic N) is 2. The molecule has 3 heteroatoms. The number of pyridine rings is 1. The SMILES string of the molecule is N#C[C@@H](CCc1ccccc1)c1ccc(Cl)nc1. The summed E-state index contributed by atoms with van der Waals surface area (Å²) in [7, 11) is 0. The van der Waals surface area contributed by atoms with Gasteiger partial charge in [0.15, 0.2) is 0 Å². The summed E-state index contributed by atoms with van der Waals surface area (Å²) in [6.45, 7) is 0. The van der Waals surface area contributed by atoms with Crippen LogP contribution in [0.1, 0.15) is 23.5 Å². The van der Waals surface area contributed by atoms with Crippen molar-refractivity contribution in [3.63, 3.8) is 0 Å². The van der Waals surface area contributed by atoms with E-state index >= 15 is 0 Å². The molecule has 1 atom stereocenters. The Morgan fingerprint density at radius 2 is 1.94 bits per heavy atom. The number of aromatic nitrogens is 1. The van der Waals surface area contributed by atoms with E-state index in [0.29, 0.717) is 5.15 Å². The van der Waals surface area contributed by atoms with E-state index in [1.807, 2.05) is 24.3 Å². The smallest absolute Gasteiger partial charge is 0.129 e. The van der Waals surface area contributed by atoms with E-state index in [1.54, 1.807) is 12.3 Å². The number of rotatable bonds is 4. The maximum atomic E-state index is 9.22. The minimum absolute atomic E-state index is 0.130. The Balaban J connectivity index is 2.02. The van der Waals surface area contributed by atoms with Crippen molar-refractivity contribution < 1.29 is 0 Å². The Morgan fingerprint density at radius 1 is 1.17 bits per heavy atom. The third kappa shape index (κ3) is 3.32. The molecule has 0 saturated carbocycles. The number of nitriles is 1. The second kappa shape index (κ2) is 6.18. The van der Waals surface area contributed by atoms with Gasteiger partial charge in [0.25, 0.3) is 0 Å². The van der Waals surface area contributed by atoms with Crippen molar-refractivity contribution in [1.82, 2.24) is 4.98 Å². The molecule has 0 aliphatic heterocycles. The van der Waals surface area contributed by atoms with Gasteiger partial charge in [0.1, 0.15) is 5.15 Å². The van der Waals surface area contributed by atoms with Gasteiger partial charge in [0.05, 0.1) is 12.0 Å². The Bertz CT molecular complexity index is 529. The van der Waals surface area contributed by atoms with E-state index in [1.165, 1.54) is 5.56 Å². The largest absolute Gasteiger partial charge is 0.244 e. The lowest BCUT2D eigenvalue weighted by Crippen LogP contribution is -1.99. The van der Waals surface area contributed by atoms with Gasteiger partial charge in [-0.1, -0.05) is 48.0 Å². The highest BCUT2D eigenvalue weighted by molar-refractivity contribution is 6.29. The Hall–Kier alpha value is -1.85. The van der Waals surface area contributed by atoms with Crippen LogP contribution in [0, 0.1) is 11.3 Å². The lowest BCUT2D eigenvalue weighted by atomic mass is 9.95. The molecule has 90 valence electrons. The molecule has 0 amide bonds. The van der Waals surface area contributed by atoms with Crippen molar-refractivity contribution >= 4 is 11.6 Å². The first-order valence-electron chi connectivity index (χ1n) is 5.84. The molecule has 1 heterocycles. The minimum atomic E-state index is -0.130. The van der Waals surface area contributed by atoms with Gasteiger partial charge in [-0.15, -0.1) is 0 Å². The summed E-state index contributed by atoms with van der Waals surface area (Å²) in [4.78, 5) is 4.02. The molecule has 0 unspecified atom stereocenters. The topological polar surface area (TPSA) is 36.7 Å². The molecule has 0 radical (unpaired) electrons. The quantitative estimate of drug-likeness (QED) is 0.776. The van der Waals surface area contributed by atoms with Crippen LogP contribution in [-0.2, 0) is 6.42 Å². The number of hydrogen-bond donors (Lipinski definition) is 0. The highest BCUT2D eigenvalue weighted by Gasteiger charge is 2.11. The molecule has 1 aromatic carbocycles. The molecular weight excluding hydrogens is 244 g/mol. The lowest BCUT2D eigenvalue weighted by molar-refractivity contribution is 0.743. The van der Waals surface area contributed by atoms with Crippen molar-refractivity contribution in [3.8, 4) is 6.07 Å². The third-order valence-electron chi connectivity index (χ3n) is 2.87. The van der Waals surface area contributed by atoms with E-state index in [2.05, 4.69) is 23.2 Å². The fraction of sp³-hybridized carbons (Fsp3) is 0.200. The van der Waals surface area contributed by atoms with Crippen LogP contribution in [0.5, 0.6) is 0 Å². The molecule has 0 N–H and O–H groups in total. The second-order valence-electron chi connectivity index (χ2n) is 4.12. The fourth-order valence-electron chi connectivity index (χ4n) is 1.85. The average molecular weight is 257 g/mol. The standard InChI is InChI=1S/C15H13ClN2/c16-15-9-8-14(11-18-15)13(10-17)7-6-12-4-2-1-3-5-12/h1-5,8-9,11,13H,6-7H2/t13-/m1/s1. The second-order valence-corrected chi connectivity index (χ2v) is 4.51. The molecule has 18 heavy (non-hydrogen) atoms. The minimum Gasteiger partial charge on any atom is -0.244 e. The van der Waals surface area contributed by atoms with Crippen LogP contribution < -0.4 is 0 Å². The number of benzene rings is 1. The van der Waals surface area contributed by atoms with E-state index in [0.717, 1.165) is 18.4 Å². The molecule has 0 aliphatic carbocycles. The molecule has 0 fully saturated rings. The van der Waals surface area contributed by atoms with Gasteiger partial charge in [0.2, 0.25) is 0 Å². The molecule has 0 bridgehead atoms. The fourth-order valence-corrected chi connectivity index (χ4v) is 1.97. The van der Waals surface area contributed by atoms with E-state index in [-0.39, 0.29) is 5.92 Å². The first kappa shape index (κ1) is 12.6. The highest BCUT2D eigenvalue weighted by Crippen LogP contribution is 2.21. The molecule has 0 aliphatic rings. The number of hydrogen-bond acceptors (Lipinski definition) is 2. The van der Waals surface area contributed by atoms with Crippen LogP contribution in [0.25, 0.3) is 0 Å². The summed E-state index contributed by atoms with van der Waals surface area (Å²) >= 11 is 5.74. The van der Waals surface area contributed by atoms with Gasteiger partial charge in [-0.3, -0.25) is 0 Å². The van der Waals surface area contributed by atoms with Crippen molar-refractivity contribution in [3.05, 3.63) is 64.9 Å². The van der Waals surface area contributed by atoms with Gasteiger partial charge in [-0.2, -0.15) is 5.26 Å². The maximum absolute atomic E-state index is 9.22. The zero-order valence-corrected chi connectivity index (χ0v) is 10.6. The van der Waals surface area contributed by atoms with Crippen LogP contribution in [0.15, 0.2) is 48.7 Å². The predicted octanol–water partition coefficient (Wildman–Crippen LogP) is 3.97. The van der Waals surface area contributed by atoms with Gasteiger partial charge >= 0.3 is 0 Å². The van der Waals surface area contributed by atoms with Gasteiger partial charge in [0, 0.05) is 6.20 Å². The predicted molar refractivity (Wildman–Crippen MR) is 72.4 cm³/mol. The summed E-state index contributed by atoms with van der Waals surface area (Å²) < 4.78 is 0. The van der Waals surface area contributed by atoms with Gasteiger partial charge in [-0.05, 0) is 30.0 Å². The normalized spacial score (nSPS) is 11.8. The molecule has 2 nitrogen and oxygen atoms in total. The summed E-state index contributed by atoms with van der Waals surface area (Å²) in [5.74, 6) is -0.130. The highest BCUT2D eigenvalue weighted by atomic mass is 35.5. The molecule has 2 rings (SSSR count). The molecule has 2 aromatic rings. The van der Waals surface area contributed by atoms with Crippen molar-refractivity contribution in [2.75, 3.05) is 0 Å². The lowest BCUT2D eigenvalue weighted by Gasteiger charge is -2.09. The zero-order valence-electron chi connectivity index (χ0n) is 9.88. The molecule has 1 aromatic heterocycles. The van der Waals surface area contributed by atoms with Crippen molar-refractivity contribution in [1.29, 1.82) is 5.26 Å². The van der Waals surface area contributed by atoms with Gasteiger partial charge in [-0.25, -0.2) is 4.98 Å². The van der Waals surface area contributed by atoms with E-state index in [4.69, 9.17) is 11.6 Å². The van der Waals surface area contributed by atoms with Crippen molar-refractivity contribution in [2.45, 2.75) is 18.8 Å². The molecule has 0 spiro atoms. The zero-order chi connectivity index (χ0) is 12.8. The molecular formula is C15H13ClN2. The summed E-state index contributed by atoms with van der Waals surface area (Å²) in [6.07, 6.45) is 3.37. The number of aryl methyl sites for hydroxylation is 1. The maximum Gasteiger partial charge on any atom is 0.129 e. The monoisotopic (exact) mass is 256 g/mol. The first-order chi connectivity index (χ1) is 8.79. The average Bonchev–Trinajstić information content (AvgIpc) is 2.42. The Labute approximate surface area is 112 Å². The Morgan fingerprint density at radius 3 is 2.56 bits per heavy atom. The van der Waals surface area contributed by atoms with E-state index < -0.39 is 0 Å². The summed E-state index contributed by atoms with van der Waals surface area (Å²) in [6, 6.07) is 16.1. The van der Waals surface area contributed by atoms with Crippen LogP contribution >= 0.6 is 11.6 Å². The third-order valence-corrected chi connectivity index (χ3v) is 3.10. The summed E-state index contributed by atoms with van der Waals surface area (Å²) in [5.41, 5.74) is 2.18. The van der Waals surface area contributed by atoms with Crippen LogP contribution in [0.2, 0.25) is 5.15 Å². The van der Waals surface area contributed by atoms with Crippen LogP contribution in [-0.4, -0.2) is 4.98 Å². The number of halogens is 1. The van der Waals surface area contributed by atoms with E-state index in [9.17, 15) is 5.26 Å². The Kier molecular flexibility index (Phi) is 4.33. The summed E-state index contributed by atoms with van der Waals surface area (Å²) in [5, 5.41) is 9.67. The van der Waals surface area contributed by atoms with Gasteiger partial charge < -0.3 is 0 Å². The first-order valence-corrected chi connectivity index (χ1v) is 6.22. The van der Waals surface area contributed by atoms with Crippen LogP contribution in [0.4, 0.5) is 0 Å². The van der Waals surface area contributed by atoms with Crippen molar-refractivity contribution in [2.24, 2.45) is 0 Å². The molecule has 0 saturated heterocycles. The van der Waals surface area contributed by atoms with Crippen LogP contribution in [0.3, 0.4) is 0 Å².